The van der Waals surface area contributed by atoms with Crippen LogP contribution in [0.3, 0.4) is 0 Å². The fourth-order valence-electron chi connectivity index (χ4n) is 2.09. The number of halogens is 1. The van der Waals surface area contributed by atoms with Crippen molar-refractivity contribution in [1.29, 1.82) is 0 Å². The lowest BCUT2D eigenvalue weighted by Crippen LogP contribution is -2.37. The fourth-order valence-corrected chi connectivity index (χ4v) is 2.56. The Hall–Kier alpha value is -0.880. The molecule has 1 aromatic heterocycles. The molecule has 100 valence electrons. The maximum atomic E-state index is 5.39. The van der Waals surface area contributed by atoms with Crippen molar-refractivity contribution in [2.45, 2.75) is 25.8 Å². The van der Waals surface area contributed by atoms with Crippen LogP contribution in [-0.4, -0.2) is 42.8 Å². The molecule has 2 heterocycles. The largest absolute Gasteiger partial charge is 0.381 e. The average molecular weight is 315 g/mol. The predicted octanol–water partition coefficient (Wildman–Crippen LogP) is 2.29. The molecule has 0 saturated carbocycles. The molecule has 0 amide bonds. The van der Waals surface area contributed by atoms with Crippen molar-refractivity contribution in [2.75, 3.05) is 37.0 Å². The summed E-state index contributed by atoms with van der Waals surface area (Å²) in [5.41, 5.74) is 0. The highest BCUT2D eigenvalue weighted by atomic mass is 79.9. The van der Waals surface area contributed by atoms with Crippen LogP contribution in [-0.2, 0) is 4.74 Å². The van der Waals surface area contributed by atoms with Crippen LogP contribution in [0.25, 0.3) is 0 Å². The molecule has 18 heavy (non-hydrogen) atoms. The van der Waals surface area contributed by atoms with Crippen LogP contribution in [0, 0.1) is 0 Å². The Kier molecular flexibility index (Phi) is 4.77. The lowest BCUT2D eigenvalue weighted by molar-refractivity contribution is 0.0853. The highest BCUT2D eigenvalue weighted by Crippen LogP contribution is 2.27. The van der Waals surface area contributed by atoms with E-state index in [-0.39, 0.29) is 0 Å². The second-order valence-corrected chi connectivity index (χ2v) is 5.20. The molecule has 5 nitrogen and oxygen atoms in total. The van der Waals surface area contributed by atoms with Crippen LogP contribution in [0.15, 0.2) is 10.7 Å². The number of nitrogens with zero attached hydrogens (tertiary/aromatic N) is 3. The van der Waals surface area contributed by atoms with E-state index in [9.17, 15) is 0 Å². The number of aromatic nitrogens is 2. The highest BCUT2D eigenvalue weighted by molar-refractivity contribution is 9.10. The maximum absolute atomic E-state index is 5.39. The molecule has 0 bridgehead atoms. The molecule has 1 fully saturated rings. The molecule has 1 aromatic rings. The number of rotatable bonds is 4. The molecule has 0 unspecified atom stereocenters. The minimum Gasteiger partial charge on any atom is -0.381 e. The first-order valence-corrected chi connectivity index (χ1v) is 7.08. The van der Waals surface area contributed by atoms with Gasteiger partial charge in [0.25, 0.3) is 0 Å². The van der Waals surface area contributed by atoms with Gasteiger partial charge in [-0.25, -0.2) is 4.98 Å². The summed E-state index contributed by atoms with van der Waals surface area (Å²) in [6, 6.07) is 0.486. The molecule has 0 radical (unpaired) electrons. The Balaban J connectivity index is 2.16. The molecule has 2 rings (SSSR count). The predicted molar refractivity (Wildman–Crippen MR) is 76.1 cm³/mol. The maximum Gasteiger partial charge on any atom is 0.224 e. The lowest BCUT2D eigenvalue weighted by atomic mass is 10.1. The first kappa shape index (κ1) is 13.5. The summed E-state index contributed by atoms with van der Waals surface area (Å²) in [6.07, 6.45) is 3.89. The average Bonchev–Trinajstić information content (AvgIpc) is 2.41. The summed E-state index contributed by atoms with van der Waals surface area (Å²) < 4.78 is 6.32. The van der Waals surface area contributed by atoms with Crippen molar-refractivity contribution in [2.24, 2.45) is 0 Å². The van der Waals surface area contributed by atoms with Crippen LogP contribution in [0.5, 0.6) is 0 Å². The number of hydrogen-bond acceptors (Lipinski definition) is 5. The van der Waals surface area contributed by atoms with Gasteiger partial charge in [0.15, 0.2) is 0 Å². The zero-order chi connectivity index (χ0) is 13.0. The molecule has 1 aliphatic heterocycles. The standard InChI is InChI=1S/C12H19BrN4O/c1-3-14-12-15-8-10(13)11(16-12)17(2)9-4-6-18-7-5-9/h8-9H,3-7H2,1-2H3,(H,14,15,16). The van der Waals surface area contributed by atoms with Gasteiger partial charge in [0.1, 0.15) is 5.82 Å². The van der Waals surface area contributed by atoms with E-state index < -0.39 is 0 Å². The van der Waals surface area contributed by atoms with Gasteiger partial charge >= 0.3 is 0 Å². The quantitative estimate of drug-likeness (QED) is 0.924. The van der Waals surface area contributed by atoms with Crippen LogP contribution in [0.2, 0.25) is 0 Å². The van der Waals surface area contributed by atoms with Crippen molar-refractivity contribution in [3.05, 3.63) is 10.7 Å². The number of anilines is 2. The van der Waals surface area contributed by atoms with E-state index in [4.69, 9.17) is 4.74 Å². The number of nitrogens with one attached hydrogen (secondary N) is 1. The van der Waals surface area contributed by atoms with Crippen molar-refractivity contribution in [3.8, 4) is 0 Å². The van der Waals surface area contributed by atoms with Gasteiger partial charge in [-0.15, -0.1) is 0 Å². The number of ether oxygens (including phenoxy) is 1. The van der Waals surface area contributed by atoms with Gasteiger partial charge in [0.05, 0.1) is 4.47 Å². The lowest BCUT2D eigenvalue weighted by Gasteiger charge is -2.32. The Labute approximate surface area is 116 Å². The molecule has 1 N–H and O–H groups in total. The second-order valence-electron chi connectivity index (χ2n) is 4.35. The third-order valence-electron chi connectivity index (χ3n) is 3.13. The molecule has 0 spiro atoms. The van der Waals surface area contributed by atoms with E-state index in [0.29, 0.717) is 12.0 Å². The van der Waals surface area contributed by atoms with Crippen molar-refractivity contribution < 1.29 is 4.74 Å². The highest BCUT2D eigenvalue weighted by Gasteiger charge is 2.21. The monoisotopic (exact) mass is 314 g/mol. The van der Waals surface area contributed by atoms with Gasteiger partial charge in [0.2, 0.25) is 5.95 Å². The molecule has 0 aromatic carbocycles. The smallest absolute Gasteiger partial charge is 0.224 e. The van der Waals surface area contributed by atoms with Gasteiger partial charge in [-0.3, -0.25) is 0 Å². The summed E-state index contributed by atoms with van der Waals surface area (Å²) in [5.74, 6) is 1.61. The van der Waals surface area contributed by atoms with E-state index in [1.807, 2.05) is 6.92 Å². The van der Waals surface area contributed by atoms with Crippen molar-refractivity contribution in [1.82, 2.24) is 9.97 Å². The topological polar surface area (TPSA) is 50.3 Å². The Morgan fingerprint density at radius 2 is 2.22 bits per heavy atom. The number of hydrogen-bond donors (Lipinski definition) is 1. The van der Waals surface area contributed by atoms with E-state index in [0.717, 1.165) is 42.9 Å². The summed E-state index contributed by atoms with van der Waals surface area (Å²) in [7, 11) is 2.08. The van der Waals surface area contributed by atoms with E-state index in [2.05, 4.69) is 43.2 Å². The zero-order valence-corrected chi connectivity index (χ0v) is 12.4. The Morgan fingerprint density at radius 1 is 1.50 bits per heavy atom. The summed E-state index contributed by atoms with van der Waals surface area (Å²) in [4.78, 5) is 11.0. The molecule has 0 atom stereocenters. The first-order valence-electron chi connectivity index (χ1n) is 6.29. The minimum atomic E-state index is 0.486. The van der Waals surface area contributed by atoms with Crippen LogP contribution < -0.4 is 10.2 Å². The van der Waals surface area contributed by atoms with Gasteiger partial charge in [-0.2, -0.15) is 4.98 Å². The van der Waals surface area contributed by atoms with Crippen molar-refractivity contribution in [3.63, 3.8) is 0 Å². The van der Waals surface area contributed by atoms with E-state index >= 15 is 0 Å². The summed E-state index contributed by atoms with van der Waals surface area (Å²) >= 11 is 3.52. The Bertz CT molecular complexity index is 396. The third kappa shape index (κ3) is 3.11. The SMILES string of the molecule is CCNc1ncc(Br)c(N(C)C2CCOCC2)n1. The Morgan fingerprint density at radius 3 is 2.89 bits per heavy atom. The third-order valence-corrected chi connectivity index (χ3v) is 3.69. The van der Waals surface area contributed by atoms with Crippen molar-refractivity contribution >= 4 is 27.7 Å². The normalized spacial score (nSPS) is 16.6. The molecule has 1 saturated heterocycles. The van der Waals surface area contributed by atoms with Gasteiger partial charge in [0, 0.05) is 39.0 Å². The first-order chi connectivity index (χ1) is 8.72. The molecule has 1 aliphatic rings. The van der Waals surface area contributed by atoms with Gasteiger partial charge in [-0.1, -0.05) is 0 Å². The van der Waals surface area contributed by atoms with Crippen LogP contribution in [0.4, 0.5) is 11.8 Å². The fraction of sp³-hybridized carbons (Fsp3) is 0.667. The molecule has 0 aliphatic carbocycles. The van der Waals surface area contributed by atoms with E-state index in [1.54, 1.807) is 6.20 Å². The van der Waals surface area contributed by atoms with Crippen LogP contribution >= 0.6 is 15.9 Å². The zero-order valence-electron chi connectivity index (χ0n) is 10.8. The molecular formula is C12H19BrN4O. The van der Waals surface area contributed by atoms with E-state index in [1.165, 1.54) is 0 Å². The van der Waals surface area contributed by atoms with Gasteiger partial charge < -0.3 is 15.0 Å². The molecular weight excluding hydrogens is 296 g/mol. The summed E-state index contributed by atoms with van der Waals surface area (Å²) in [6.45, 7) is 4.52. The van der Waals surface area contributed by atoms with Gasteiger partial charge in [-0.05, 0) is 35.7 Å². The summed E-state index contributed by atoms with van der Waals surface area (Å²) in [5, 5.41) is 3.14. The second kappa shape index (κ2) is 6.33. The molecule has 6 heteroatoms. The minimum absolute atomic E-state index is 0.486. The van der Waals surface area contributed by atoms with Crippen LogP contribution in [0.1, 0.15) is 19.8 Å².